The van der Waals surface area contributed by atoms with E-state index >= 15 is 0 Å². The molecule has 0 amide bonds. The van der Waals surface area contributed by atoms with Gasteiger partial charge in [-0.1, -0.05) is 55.2 Å². The summed E-state index contributed by atoms with van der Waals surface area (Å²) >= 11 is 0. The molecule has 3 rings (SSSR count). The molecule has 1 nitrogen and oxygen atoms in total. The minimum absolute atomic E-state index is 1.08. The Bertz CT molecular complexity index is 636. The van der Waals surface area contributed by atoms with Gasteiger partial charge in [0, 0.05) is 11.8 Å². The second-order valence-electron chi connectivity index (χ2n) is 6.19. The molecule has 0 radical (unpaired) electrons. The van der Waals surface area contributed by atoms with Gasteiger partial charge in [0.1, 0.15) is 0 Å². The fraction of sp³-hybridized carbons (Fsp3) is 0.235. The minimum atomic E-state index is -1.21. The van der Waals surface area contributed by atoms with E-state index in [9.17, 15) is 0 Å². The lowest BCUT2D eigenvalue weighted by atomic mass is 10.0. The van der Waals surface area contributed by atoms with Crippen LogP contribution in [0.5, 0.6) is 0 Å². The molecule has 1 heterocycles. The zero-order chi connectivity index (χ0) is 13.5. The van der Waals surface area contributed by atoms with Crippen molar-refractivity contribution in [3.8, 4) is 11.3 Å². The van der Waals surface area contributed by atoms with E-state index in [1.54, 1.807) is 5.20 Å². The molecule has 19 heavy (non-hydrogen) atoms. The molecular formula is C17H19NSi. The van der Waals surface area contributed by atoms with Crippen molar-refractivity contribution < 1.29 is 0 Å². The molecule has 0 bridgehead atoms. The highest BCUT2D eigenvalue weighted by Crippen LogP contribution is 2.36. The Kier molecular flexibility index (Phi) is 2.90. The normalized spacial score (nSPS) is 14.2. The van der Waals surface area contributed by atoms with Gasteiger partial charge >= 0.3 is 0 Å². The zero-order valence-corrected chi connectivity index (χ0v) is 12.8. The largest absolute Gasteiger partial charge is 0.256 e. The molecular weight excluding hydrogens is 246 g/mol. The first-order chi connectivity index (χ1) is 9.05. The van der Waals surface area contributed by atoms with Crippen LogP contribution in [0.2, 0.25) is 19.6 Å². The molecule has 0 fully saturated rings. The van der Waals surface area contributed by atoms with E-state index in [1.165, 1.54) is 16.7 Å². The zero-order valence-electron chi connectivity index (χ0n) is 11.8. The predicted octanol–water partition coefficient (Wildman–Crippen LogP) is 4.57. The molecule has 1 aromatic heterocycles. The lowest BCUT2D eigenvalue weighted by Gasteiger charge is -2.17. The van der Waals surface area contributed by atoms with Gasteiger partial charge in [0.05, 0.1) is 13.8 Å². The molecule has 96 valence electrons. The number of hydrogen-bond acceptors (Lipinski definition) is 1. The summed E-state index contributed by atoms with van der Waals surface area (Å²) in [6.07, 6.45) is 5.42. The molecule has 0 saturated heterocycles. The molecule has 0 N–H and O–H groups in total. The Morgan fingerprint density at radius 3 is 2.53 bits per heavy atom. The summed E-state index contributed by atoms with van der Waals surface area (Å²) in [4.78, 5) is 4.50. The third-order valence-electron chi connectivity index (χ3n) is 3.80. The topological polar surface area (TPSA) is 12.9 Å². The average Bonchev–Trinajstić information content (AvgIpc) is 2.83. The van der Waals surface area contributed by atoms with E-state index < -0.39 is 8.07 Å². The third kappa shape index (κ3) is 2.28. The lowest BCUT2D eigenvalue weighted by Crippen LogP contribution is -2.23. The standard InChI is InChI=1S/C17H19NSi/c1-19(2,3)14-11-13-7-6-8-15(16(13)12-14)17-9-4-5-10-18-17/h4-10,12H,11H2,1-3H3. The molecule has 0 saturated carbocycles. The van der Waals surface area contributed by atoms with Gasteiger partial charge in [-0.05, 0) is 29.7 Å². The minimum Gasteiger partial charge on any atom is -0.256 e. The Labute approximate surface area is 116 Å². The van der Waals surface area contributed by atoms with Crippen LogP contribution in [0.4, 0.5) is 0 Å². The maximum Gasteiger partial charge on any atom is 0.0729 e. The number of aromatic nitrogens is 1. The van der Waals surface area contributed by atoms with E-state index in [0.717, 1.165) is 12.1 Å². The van der Waals surface area contributed by atoms with Crippen molar-refractivity contribution in [1.82, 2.24) is 4.98 Å². The summed E-state index contributed by atoms with van der Waals surface area (Å²) in [6.45, 7) is 7.27. The summed E-state index contributed by atoms with van der Waals surface area (Å²) < 4.78 is 0. The quantitative estimate of drug-likeness (QED) is 0.725. The predicted molar refractivity (Wildman–Crippen MR) is 84.7 cm³/mol. The molecule has 1 aromatic carbocycles. The van der Waals surface area contributed by atoms with Crippen LogP contribution in [-0.2, 0) is 6.42 Å². The van der Waals surface area contributed by atoms with Crippen LogP contribution in [0, 0.1) is 0 Å². The first-order valence-corrected chi connectivity index (χ1v) is 10.3. The highest BCUT2D eigenvalue weighted by molar-refractivity contribution is 6.83. The Morgan fingerprint density at radius 1 is 1.00 bits per heavy atom. The summed E-state index contributed by atoms with van der Waals surface area (Å²) in [6, 6.07) is 12.7. The number of rotatable bonds is 2. The smallest absolute Gasteiger partial charge is 0.0729 e. The van der Waals surface area contributed by atoms with E-state index in [0.29, 0.717) is 0 Å². The number of hydrogen-bond donors (Lipinski definition) is 0. The lowest BCUT2D eigenvalue weighted by molar-refractivity contribution is 1.25. The van der Waals surface area contributed by atoms with Crippen LogP contribution in [0.25, 0.3) is 17.3 Å². The van der Waals surface area contributed by atoms with E-state index in [1.807, 2.05) is 12.3 Å². The number of allylic oxidation sites excluding steroid dienone is 1. The van der Waals surface area contributed by atoms with Gasteiger partial charge in [0.15, 0.2) is 0 Å². The van der Waals surface area contributed by atoms with Crippen molar-refractivity contribution in [2.45, 2.75) is 26.1 Å². The summed E-state index contributed by atoms with van der Waals surface area (Å²) in [5.74, 6) is 0. The van der Waals surface area contributed by atoms with Gasteiger partial charge in [-0.25, -0.2) is 0 Å². The van der Waals surface area contributed by atoms with Gasteiger partial charge in [0.25, 0.3) is 0 Å². The van der Waals surface area contributed by atoms with Gasteiger partial charge in [0.2, 0.25) is 0 Å². The van der Waals surface area contributed by atoms with Crippen LogP contribution in [0.1, 0.15) is 11.1 Å². The van der Waals surface area contributed by atoms with E-state index in [4.69, 9.17) is 0 Å². The Balaban J connectivity index is 2.12. The molecule has 0 atom stereocenters. The molecule has 0 unspecified atom stereocenters. The average molecular weight is 265 g/mol. The molecule has 2 aromatic rings. The number of pyridine rings is 1. The highest BCUT2D eigenvalue weighted by atomic mass is 28.3. The molecule has 1 aliphatic rings. The fourth-order valence-corrected chi connectivity index (χ4v) is 3.89. The van der Waals surface area contributed by atoms with Crippen LogP contribution in [-0.4, -0.2) is 13.1 Å². The van der Waals surface area contributed by atoms with Crippen molar-refractivity contribution in [1.29, 1.82) is 0 Å². The number of benzene rings is 1. The van der Waals surface area contributed by atoms with E-state index in [2.05, 4.69) is 61.0 Å². The van der Waals surface area contributed by atoms with Crippen molar-refractivity contribution in [3.63, 3.8) is 0 Å². The number of fused-ring (bicyclic) bond motifs is 1. The van der Waals surface area contributed by atoms with Crippen molar-refractivity contribution in [2.75, 3.05) is 0 Å². The van der Waals surface area contributed by atoms with E-state index in [-0.39, 0.29) is 0 Å². The Morgan fingerprint density at radius 2 is 1.84 bits per heavy atom. The van der Waals surface area contributed by atoms with Gasteiger partial charge in [-0.15, -0.1) is 0 Å². The molecule has 2 heteroatoms. The second kappa shape index (κ2) is 4.46. The number of nitrogens with zero attached hydrogens (tertiary/aromatic N) is 1. The van der Waals surface area contributed by atoms with Crippen LogP contribution >= 0.6 is 0 Å². The van der Waals surface area contributed by atoms with Crippen molar-refractivity contribution >= 4 is 14.1 Å². The third-order valence-corrected chi connectivity index (χ3v) is 6.05. The summed E-state index contributed by atoms with van der Waals surface area (Å²) in [7, 11) is -1.21. The van der Waals surface area contributed by atoms with Crippen LogP contribution in [0.15, 0.2) is 47.8 Å². The fourth-order valence-electron chi connectivity index (χ4n) is 2.60. The van der Waals surface area contributed by atoms with Crippen molar-refractivity contribution in [3.05, 3.63) is 58.9 Å². The highest BCUT2D eigenvalue weighted by Gasteiger charge is 2.26. The molecule has 1 aliphatic carbocycles. The van der Waals surface area contributed by atoms with Gasteiger partial charge in [-0.2, -0.15) is 0 Å². The summed E-state index contributed by atoms with van der Waals surface area (Å²) in [5.41, 5.74) is 5.19. The first kappa shape index (κ1) is 12.4. The first-order valence-electron chi connectivity index (χ1n) is 6.80. The van der Waals surface area contributed by atoms with Gasteiger partial charge < -0.3 is 0 Å². The monoisotopic (exact) mass is 265 g/mol. The molecule has 0 aliphatic heterocycles. The summed E-state index contributed by atoms with van der Waals surface area (Å²) in [5, 5.41) is 1.64. The second-order valence-corrected chi connectivity index (χ2v) is 11.3. The van der Waals surface area contributed by atoms with Crippen LogP contribution < -0.4 is 0 Å². The Hall–Kier alpha value is -1.67. The maximum atomic E-state index is 4.50. The van der Waals surface area contributed by atoms with Crippen molar-refractivity contribution in [2.24, 2.45) is 0 Å². The SMILES string of the molecule is C[Si](C)(C)C1=Cc2c(cccc2-c2ccccn2)C1. The van der Waals surface area contributed by atoms with Gasteiger partial charge in [-0.3, -0.25) is 4.98 Å². The molecule has 0 spiro atoms. The van der Waals surface area contributed by atoms with Crippen LogP contribution in [0.3, 0.4) is 0 Å². The maximum absolute atomic E-state index is 4.50.